The molecule has 0 saturated heterocycles. The predicted octanol–water partition coefficient (Wildman–Crippen LogP) is 2.92. The molecule has 1 N–H and O–H groups in total. The molecule has 3 rings (SSSR count). The van der Waals surface area contributed by atoms with Crippen LogP contribution >= 0.6 is 0 Å². The Labute approximate surface area is 152 Å². The first kappa shape index (κ1) is 17.8. The molecular weight excluding hydrogens is 334 g/mol. The van der Waals surface area contributed by atoms with E-state index in [1.54, 1.807) is 43.4 Å². The number of amides is 1. The van der Waals surface area contributed by atoms with Gasteiger partial charge in [-0.15, -0.1) is 0 Å². The van der Waals surface area contributed by atoms with E-state index < -0.39 is 5.97 Å². The number of carbonyl (C=O) groups excluding carboxylic acids is 1. The number of hydrogen-bond acceptors (Lipinski definition) is 4. The van der Waals surface area contributed by atoms with Crippen LogP contribution in [0.15, 0.2) is 36.4 Å². The van der Waals surface area contributed by atoms with Crippen molar-refractivity contribution in [2.75, 3.05) is 25.7 Å². The summed E-state index contributed by atoms with van der Waals surface area (Å²) in [6.07, 6.45) is 1.62. The molecule has 1 aliphatic heterocycles. The Hall–Kier alpha value is -3.02. The van der Waals surface area contributed by atoms with Crippen molar-refractivity contribution in [3.05, 3.63) is 53.1 Å². The fourth-order valence-electron chi connectivity index (χ4n) is 3.34. The monoisotopic (exact) mass is 355 g/mol. The third kappa shape index (κ3) is 3.35. The van der Waals surface area contributed by atoms with Crippen molar-refractivity contribution in [2.45, 2.75) is 19.3 Å². The van der Waals surface area contributed by atoms with Crippen LogP contribution in [0.2, 0.25) is 0 Å². The van der Waals surface area contributed by atoms with Crippen LogP contribution in [0.1, 0.15) is 27.9 Å². The highest BCUT2D eigenvalue weighted by Crippen LogP contribution is 2.32. The van der Waals surface area contributed by atoms with Crippen LogP contribution in [0.25, 0.3) is 0 Å². The second kappa shape index (κ2) is 7.47. The number of benzene rings is 2. The average molecular weight is 355 g/mol. The molecular formula is C20H21NO5. The van der Waals surface area contributed by atoms with E-state index in [2.05, 4.69) is 0 Å². The first-order valence-corrected chi connectivity index (χ1v) is 8.41. The van der Waals surface area contributed by atoms with Gasteiger partial charge in [-0.25, -0.2) is 4.79 Å². The Balaban J connectivity index is 1.86. The van der Waals surface area contributed by atoms with Crippen molar-refractivity contribution in [2.24, 2.45) is 0 Å². The molecule has 26 heavy (non-hydrogen) atoms. The summed E-state index contributed by atoms with van der Waals surface area (Å²) >= 11 is 0. The Morgan fingerprint density at radius 3 is 2.58 bits per heavy atom. The van der Waals surface area contributed by atoms with Crippen LogP contribution in [0.3, 0.4) is 0 Å². The van der Waals surface area contributed by atoms with Crippen LogP contribution < -0.4 is 14.4 Å². The zero-order valence-electron chi connectivity index (χ0n) is 14.8. The summed E-state index contributed by atoms with van der Waals surface area (Å²) in [5, 5.41) is 9.38. The highest BCUT2D eigenvalue weighted by atomic mass is 16.5. The fourth-order valence-corrected chi connectivity index (χ4v) is 3.34. The molecule has 2 aromatic rings. The Bertz CT molecular complexity index is 846. The van der Waals surface area contributed by atoms with E-state index in [0.717, 1.165) is 17.5 Å². The zero-order valence-corrected chi connectivity index (χ0v) is 14.8. The molecule has 2 aromatic carbocycles. The number of methoxy groups -OCH3 is 2. The summed E-state index contributed by atoms with van der Waals surface area (Å²) in [5.41, 5.74) is 2.51. The maximum Gasteiger partial charge on any atom is 0.336 e. The van der Waals surface area contributed by atoms with E-state index in [1.807, 2.05) is 12.1 Å². The maximum absolute atomic E-state index is 12.9. The Morgan fingerprint density at radius 2 is 1.88 bits per heavy atom. The van der Waals surface area contributed by atoms with Crippen molar-refractivity contribution in [1.82, 2.24) is 0 Å². The molecule has 136 valence electrons. The minimum atomic E-state index is -0.962. The van der Waals surface area contributed by atoms with Gasteiger partial charge < -0.3 is 19.5 Å². The largest absolute Gasteiger partial charge is 0.493 e. The SMILES string of the molecule is COc1ccc(CC(=O)N2CCCc3c(C(=O)O)cccc32)cc1OC. The molecule has 0 spiro atoms. The van der Waals surface area contributed by atoms with Gasteiger partial charge >= 0.3 is 5.97 Å². The molecule has 0 radical (unpaired) electrons. The lowest BCUT2D eigenvalue weighted by atomic mass is 9.95. The molecule has 1 amide bonds. The summed E-state index contributed by atoms with van der Waals surface area (Å²) < 4.78 is 10.5. The van der Waals surface area contributed by atoms with Crippen molar-refractivity contribution in [3.8, 4) is 11.5 Å². The van der Waals surface area contributed by atoms with Gasteiger partial charge in [0.1, 0.15) is 0 Å². The number of fused-ring (bicyclic) bond motifs is 1. The summed E-state index contributed by atoms with van der Waals surface area (Å²) in [5.74, 6) is 0.153. The lowest BCUT2D eigenvalue weighted by Gasteiger charge is -2.30. The number of anilines is 1. The first-order valence-electron chi connectivity index (χ1n) is 8.41. The molecule has 1 aliphatic rings. The van der Waals surface area contributed by atoms with Gasteiger partial charge in [0.05, 0.1) is 26.2 Å². The lowest BCUT2D eigenvalue weighted by Crippen LogP contribution is -2.37. The van der Waals surface area contributed by atoms with Gasteiger partial charge in [0.25, 0.3) is 0 Å². The molecule has 0 aromatic heterocycles. The highest BCUT2D eigenvalue weighted by Gasteiger charge is 2.26. The number of rotatable bonds is 5. The van der Waals surface area contributed by atoms with Crippen molar-refractivity contribution in [3.63, 3.8) is 0 Å². The average Bonchev–Trinajstić information content (AvgIpc) is 2.66. The molecule has 0 aliphatic carbocycles. The van der Waals surface area contributed by atoms with E-state index in [-0.39, 0.29) is 17.9 Å². The standard InChI is InChI=1S/C20H21NO5/c1-25-17-9-8-13(11-18(17)26-2)12-19(22)21-10-4-6-14-15(20(23)24)5-3-7-16(14)21/h3,5,7-9,11H,4,6,10,12H2,1-2H3,(H,23,24). The fraction of sp³-hybridized carbons (Fsp3) is 0.300. The van der Waals surface area contributed by atoms with Crippen molar-refractivity contribution < 1.29 is 24.2 Å². The minimum Gasteiger partial charge on any atom is -0.493 e. The third-order valence-electron chi connectivity index (χ3n) is 4.59. The third-order valence-corrected chi connectivity index (χ3v) is 4.59. The van der Waals surface area contributed by atoms with Crippen molar-refractivity contribution in [1.29, 1.82) is 0 Å². The van der Waals surface area contributed by atoms with Crippen LogP contribution in [-0.2, 0) is 17.6 Å². The Kier molecular flexibility index (Phi) is 5.11. The number of hydrogen-bond donors (Lipinski definition) is 1. The normalized spacial score (nSPS) is 13.1. The predicted molar refractivity (Wildman–Crippen MR) is 97.3 cm³/mol. The van der Waals surface area contributed by atoms with Crippen LogP contribution in [0.4, 0.5) is 5.69 Å². The second-order valence-electron chi connectivity index (χ2n) is 6.12. The molecule has 0 bridgehead atoms. The number of carbonyl (C=O) groups is 2. The number of carboxylic acids is 1. The number of carboxylic acid groups (broad SMARTS) is 1. The Morgan fingerprint density at radius 1 is 1.12 bits per heavy atom. The molecule has 0 atom stereocenters. The summed E-state index contributed by atoms with van der Waals surface area (Å²) in [7, 11) is 3.12. The van der Waals surface area contributed by atoms with E-state index in [1.165, 1.54) is 0 Å². The lowest BCUT2D eigenvalue weighted by molar-refractivity contribution is -0.118. The summed E-state index contributed by atoms with van der Waals surface area (Å²) in [6.45, 7) is 0.586. The number of aromatic carboxylic acids is 1. The van der Waals surface area contributed by atoms with Crippen LogP contribution in [-0.4, -0.2) is 37.7 Å². The second-order valence-corrected chi connectivity index (χ2v) is 6.12. The molecule has 6 nitrogen and oxygen atoms in total. The van der Waals surface area contributed by atoms with Crippen LogP contribution in [0.5, 0.6) is 11.5 Å². The topological polar surface area (TPSA) is 76.1 Å². The molecule has 0 unspecified atom stereocenters. The van der Waals surface area contributed by atoms with Gasteiger partial charge in [-0.1, -0.05) is 12.1 Å². The maximum atomic E-state index is 12.9. The van der Waals surface area contributed by atoms with E-state index in [9.17, 15) is 14.7 Å². The quantitative estimate of drug-likeness (QED) is 0.892. The number of nitrogens with zero attached hydrogens (tertiary/aromatic N) is 1. The number of ether oxygens (including phenoxy) is 2. The smallest absolute Gasteiger partial charge is 0.336 e. The molecule has 1 heterocycles. The molecule has 0 saturated carbocycles. The zero-order chi connectivity index (χ0) is 18.7. The summed E-state index contributed by atoms with van der Waals surface area (Å²) in [6, 6.07) is 10.5. The van der Waals surface area contributed by atoms with Crippen LogP contribution in [0, 0.1) is 0 Å². The summed E-state index contributed by atoms with van der Waals surface area (Å²) in [4.78, 5) is 26.0. The van der Waals surface area contributed by atoms with Gasteiger partial charge in [0.2, 0.25) is 5.91 Å². The van der Waals surface area contributed by atoms with Gasteiger partial charge in [-0.3, -0.25) is 4.79 Å². The van der Waals surface area contributed by atoms with E-state index in [4.69, 9.17) is 9.47 Å². The first-order chi connectivity index (χ1) is 12.5. The van der Waals surface area contributed by atoms with Gasteiger partial charge in [0.15, 0.2) is 11.5 Å². The van der Waals surface area contributed by atoms with Gasteiger partial charge in [-0.05, 0) is 48.2 Å². The van der Waals surface area contributed by atoms with E-state index in [0.29, 0.717) is 30.2 Å². The van der Waals surface area contributed by atoms with Crippen molar-refractivity contribution >= 4 is 17.6 Å². The molecule has 6 heteroatoms. The van der Waals surface area contributed by atoms with Gasteiger partial charge in [-0.2, -0.15) is 0 Å². The van der Waals surface area contributed by atoms with Gasteiger partial charge in [0, 0.05) is 12.2 Å². The highest BCUT2D eigenvalue weighted by molar-refractivity contribution is 5.99. The van der Waals surface area contributed by atoms with E-state index >= 15 is 0 Å². The minimum absolute atomic E-state index is 0.0688. The molecule has 0 fully saturated rings.